The second-order valence-electron chi connectivity index (χ2n) is 16.2. The zero-order valence-corrected chi connectivity index (χ0v) is 31.7. The van der Waals surface area contributed by atoms with Crippen molar-refractivity contribution in [1.29, 1.82) is 0 Å². The van der Waals surface area contributed by atoms with Crippen LogP contribution in [0.1, 0.15) is 58.4 Å². The van der Waals surface area contributed by atoms with Crippen molar-refractivity contribution < 1.29 is 0 Å². The van der Waals surface area contributed by atoms with E-state index in [2.05, 4.69) is 209 Å². The van der Waals surface area contributed by atoms with Gasteiger partial charge in [-0.15, -0.1) is 0 Å². The molecule has 0 amide bonds. The van der Waals surface area contributed by atoms with Crippen LogP contribution in [-0.2, 0) is 10.8 Å². The van der Waals surface area contributed by atoms with Crippen molar-refractivity contribution in [1.82, 2.24) is 0 Å². The summed E-state index contributed by atoms with van der Waals surface area (Å²) in [5.74, 6) is 0. The second-order valence-corrected chi connectivity index (χ2v) is 16.2. The molecule has 0 unspecified atom stereocenters. The van der Waals surface area contributed by atoms with Crippen molar-refractivity contribution in [2.45, 2.75) is 38.5 Å². The van der Waals surface area contributed by atoms with Crippen LogP contribution in [0.4, 0.5) is 17.1 Å². The topological polar surface area (TPSA) is 3.24 Å². The van der Waals surface area contributed by atoms with Crippen molar-refractivity contribution in [3.05, 3.63) is 220 Å². The molecule has 0 aliphatic heterocycles. The van der Waals surface area contributed by atoms with E-state index >= 15 is 0 Å². The van der Waals surface area contributed by atoms with Gasteiger partial charge in [0.05, 0.1) is 11.1 Å². The molecule has 55 heavy (non-hydrogen) atoms. The van der Waals surface area contributed by atoms with Gasteiger partial charge in [0.1, 0.15) is 0 Å². The highest BCUT2D eigenvalue weighted by molar-refractivity contribution is 6.01. The van der Waals surface area contributed by atoms with E-state index in [-0.39, 0.29) is 5.41 Å². The SMILES string of the molecule is Cc1ccc2c(c1)C1(c3cc(C)ccc3-2)c2ccccc2-c2c(N(c3ccc(-c4ccccc4)cc3)c3ccc4c(c3)C(C)(C)c3ccccc3-4)cccc21. The van der Waals surface area contributed by atoms with Gasteiger partial charge in [-0.3, -0.25) is 0 Å². The van der Waals surface area contributed by atoms with Gasteiger partial charge in [-0.25, -0.2) is 0 Å². The van der Waals surface area contributed by atoms with Gasteiger partial charge in [0, 0.05) is 22.4 Å². The second kappa shape index (κ2) is 11.5. The molecule has 1 nitrogen and oxygen atoms in total. The zero-order valence-electron chi connectivity index (χ0n) is 31.7. The first-order chi connectivity index (χ1) is 26.9. The first-order valence-electron chi connectivity index (χ1n) is 19.5. The van der Waals surface area contributed by atoms with Crippen molar-refractivity contribution >= 4 is 17.1 Å². The average Bonchev–Trinajstić information content (AvgIpc) is 3.77. The van der Waals surface area contributed by atoms with Crippen molar-refractivity contribution in [3.8, 4) is 44.5 Å². The maximum absolute atomic E-state index is 2.52. The number of rotatable bonds is 4. The maximum atomic E-state index is 2.52. The third kappa shape index (κ3) is 4.36. The van der Waals surface area contributed by atoms with E-state index in [0.29, 0.717) is 0 Å². The Kier molecular flexibility index (Phi) is 6.72. The third-order valence-corrected chi connectivity index (χ3v) is 12.8. The zero-order chi connectivity index (χ0) is 37.1. The van der Waals surface area contributed by atoms with Crippen LogP contribution in [0.5, 0.6) is 0 Å². The molecule has 0 saturated heterocycles. The largest absolute Gasteiger partial charge is 0.310 e. The molecule has 8 aromatic rings. The van der Waals surface area contributed by atoms with Crippen LogP contribution in [0, 0.1) is 13.8 Å². The highest BCUT2D eigenvalue weighted by Gasteiger charge is 2.52. The molecule has 262 valence electrons. The Morgan fingerprint density at radius 2 is 0.891 bits per heavy atom. The number of fused-ring (bicyclic) bond motifs is 13. The average molecular weight is 704 g/mol. The molecular formula is C54H41N. The first-order valence-corrected chi connectivity index (χ1v) is 19.5. The van der Waals surface area contributed by atoms with Gasteiger partial charge >= 0.3 is 0 Å². The number of anilines is 3. The molecule has 0 N–H and O–H groups in total. The molecule has 1 spiro atoms. The fourth-order valence-electron chi connectivity index (χ4n) is 10.3. The van der Waals surface area contributed by atoms with Crippen LogP contribution in [0.2, 0.25) is 0 Å². The molecule has 0 aromatic heterocycles. The van der Waals surface area contributed by atoms with Gasteiger partial charge in [-0.2, -0.15) is 0 Å². The lowest BCUT2D eigenvalue weighted by Gasteiger charge is -2.32. The summed E-state index contributed by atoms with van der Waals surface area (Å²) in [5, 5.41) is 0. The normalized spacial score (nSPS) is 14.5. The van der Waals surface area contributed by atoms with Gasteiger partial charge in [0.15, 0.2) is 0 Å². The van der Waals surface area contributed by atoms with Gasteiger partial charge in [0.25, 0.3) is 0 Å². The number of nitrogens with zero attached hydrogens (tertiary/aromatic N) is 1. The van der Waals surface area contributed by atoms with E-state index < -0.39 is 5.41 Å². The van der Waals surface area contributed by atoms with Crippen LogP contribution in [0.15, 0.2) is 176 Å². The molecule has 8 aromatic carbocycles. The summed E-state index contributed by atoms with van der Waals surface area (Å²) >= 11 is 0. The van der Waals surface area contributed by atoms with E-state index in [4.69, 9.17) is 0 Å². The fourth-order valence-corrected chi connectivity index (χ4v) is 10.3. The van der Waals surface area contributed by atoms with E-state index in [1.807, 2.05) is 0 Å². The van der Waals surface area contributed by atoms with Gasteiger partial charge in [-0.05, 0) is 117 Å². The molecule has 0 saturated carbocycles. The van der Waals surface area contributed by atoms with Crippen molar-refractivity contribution in [2.24, 2.45) is 0 Å². The Balaban J connectivity index is 1.19. The Labute approximate surface area is 324 Å². The summed E-state index contributed by atoms with van der Waals surface area (Å²) in [7, 11) is 0. The molecule has 0 fully saturated rings. The lowest BCUT2D eigenvalue weighted by molar-refractivity contribution is 0.660. The Morgan fingerprint density at radius 3 is 1.60 bits per heavy atom. The number of hydrogen-bond acceptors (Lipinski definition) is 1. The number of hydrogen-bond donors (Lipinski definition) is 0. The van der Waals surface area contributed by atoms with Crippen LogP contribution in [0.3, 0.4) is 0 Å². The van der Waals surface area contributed by atoms with E-state index in [1.165, 1.54) is 94.7 Å². The summed E-state index contributed by atoms with van der Waals surface area (Å²) in [6.07, 6.45) is 0. The van der Waals surface area contributed by atoms with Gasteiger partial charge in [0.2, 0.25) is 0 Å². The van der Waals surface area contributed by atoms with E-state index in [0.717, 1.165) is 11.4 Å². The van der Waals surface area contributed by atoms with Gasteiger partial charge < -0.3 is 4.90 Å². The summed E-state index contributed by atoms with van der Waals surface area (Å²) in [4.78, 5) is 2.52. The highest BCUT2D eigenvalue weighted by Crippen LogP contribution is 2.65. The predicted octanol–water partition coefficient (Wildman–Crippen LogP) is 14.1. The third-order valence-electron chi connectivity index (χ3n) is 12.8. The molecule has 3 aliphatic carbocycles. The van der Waals surface area contributed by atoms with Crippen LogP contribution in [-0.4, -0.2) is 0 Å². The summed E-state index contributed by atoms with van der Waals surface area (Å²) in [5.41, 5.74) is 24.1. The first kappa shape index (κ1) is 32.0. The fraction of sp³-hybridized carbons (Fsp3) is 0.111. The molecular weight excluding hydrogens is 663 g/mol. The Hall–Kier alpha value is -6.44. The monoisotopic (exact) mass is 703 g/mol. The van der Waals surface area contributed by atoms with Crippen molar-refractivity contribution in [2.75, 3.05) is 4.90 Å². The van der Waals surface area contributed by atoms with E-state index in [9.17, 15) is 0 Å². The molecule has 0 radical (unpaired) electrons. The minimum absolute atomic E-state index is 0.118. The summed E-state index contributed by atoms with van der Waals surface area (Å²) in [6.45, 7) is 9.21. The lowest BCUT2D eigenvalue weighted by atomic mass is 9.70. The summed E-state index contributed by atoms with van der Waals surface area (Å²) in [6, 6.07) is 66.3. The lowest BCUT2D eigenvalue weighted by Crippen LogP contribution is -2.26. The van der Waals surface area contributed by atoms with Crippen molar-refractivity contribution in [3.63, 3.8) is 0 Å². The standard InChI is InChI=1S/C54H41N/c1-34-21-28-42-43-29-22-35(2)32-50(43)54(49(42)31-34)46-18-11-9-16-44(46)52-47(54)19-12-20-51(52)55(38-25-23-37(24-26-38)36-13-6-5-7-14-36)39-27-30-41-40-15-8-10-17-45(40)53(3,4)48(41)33-39/h5-33H,1-4H3. The highest BCUT2D eigenvalue weighted by atomic mass is 15.1. The molecule has 11 rings (SSSR count). The molecule has 0 heterocycles. The predicted molar refractivity (Wildman–Crippen MR) is 230 cm³/mol. The maximum Gasteiger partial charge on any atom is 0.0726 e. The molecule has 3 aliphatic rings. The quantitative estimate of drug-likeness (QED) is 0.176. The van der Waals surface area contributed by atoms with Gasteiger partial charge in [-0.1, -0.05) is 171 Å². The van der Waals surface area contributed by atoms with Crippen LogP contribution >= 0.6 is 0 Å². The minimum Gasteiger partial charge on any atom is -0.310 e. The number of aryl methyl sites for hydroxylation is 2. The Morgan fingerprint density at radius 1 is 0.364 bits per heavy atom. The Bertz CT molecular complexity index is 2810. The number of benzene rings is 8. The molecule has 0 atom stereocenters. The molecule has 1 heteroatoms. The molecule has 0 bridgehead atoms. The van der Waals surface area contributed by atoms with Crippen LogP contribution < -0.4 is 4.90 Å². The van der Waals surface area contributed by atoms with Crippen LogP contribution in [0.25, 0.3) is 44.5 Å². The van der Waals surface area contributed by atoms with E-state index in [1.54, 1.807) is 0 Å². The smallest absolute Gasteiger partial charge is 0.0726 e. The minimum atomic E-state index is -0.422. The summed E-state index contributed by atoms with van der Waals surface area (Å²) < 4.78 is 0.